The maximum absolute atomic E-state index is 12.4. The van der Waals surface area contributed by atoms with Gasteiger partial charge in [-0.2, -0.15) is 0 Å². The first kappa shape index (κ1) is 19.4. The Morgan fingerprint density at radius 2 is 1.96 bits per heavy atom. The standard InChI is InChI=1S/C17H21ClN4O2S/c1-4-22(5-2)10-14(23)20-17-19-9-13(25-17)16(24)21-15-11(3)7-6-8-12(15)18/h6-9H,4-5,10H2,1-3H3,(H,21,24)(H,19,20,23). The van der Waals surface area contributed by atoms with E-state index >= 15 is 0 Å². The topological polar surface area (TPSA) is 74.3 Å². The van der Waals surface area contributed by atoms with Crippen LogP contribution in [0.4, 0.5) is 10.8 Å². The van der Waals surface area contributed by atoms with Crippen LogP contribution in [0.15, 0.2) is 24.4 Å². The number of hydrogen-bond acceptors (Lipinski definition) is 5. The lowest BCUT2D eigenvalue weighted by molar-refractivity contribution is -0.117. The predicted molar refractivity (Wildman–Crippen MR) is 103 cm³/mol. The van der Waals surface area contributed by atoms with Gasteiger partial charge in [-0.3, -0.25) is 14.5 Å². The number of nitrogens with one attached hydrogen (secondary N) is 2. The minimum Gasteiger partial charge on any atom is -0.320 e. The van der Waals surface area contributed by atoms with Crippen LogP contribution in [0.2, 0.25) is 5.02 Å². The summed E-state index contributed by atoms with van der Waals surface area (Å²) in [7, 11) is 0. The Morgan fingerprint density at radius 1 is 1.24 bits per heavy atom. The number of aromatic nitrogens is 1. The Balaban J connectivity index is 2.01. The van der Waals surface area contributed by atoms with E-state index in [-0.39, 0.29) is 11.8 Å². The number of amides is 2. The summed E-state index contributed by atoms with van der Waals surface area (Å²) in [4.78, 5) is 30.9. The molecule has 25 heavy (non-hydrogen) atoms. The molecule has 2 N–H and O–H groups in total. The lowest BCUT2D eigenvalue weighted by Crippen LogP contribution is -2.32. The van der Waals surface area contributed by atoms with Crippen LogP contribution >= 0.6 is 22.9 Å². The minimum absolute atomic E-state index is 0.146. The van der Waals surface area contributed by atoms with Crippen molar-refractivity contribution >= 4 is 45.6 Å². The van der Waals surface area contributed by atoms with Crippen LogP contribution in [0, 0.1) is 6.92 Å². The van der Waals surface area contributed by atoms with Crippen molar-refractivity contribution in [2.45, 2.75) is 20.8 Å². The molecule has 0 atom stereocenters. The molecule has 0 unspecified atom stereocenters. The SMILES string of the molecule is CCN(CC)CC(=O)Nc1ncc(C(=O)Nc2c(C)cccc2Cl)s1. The van der Waals surface area contributed by atoms with Crippen molar-refractivity contribution in [2.24, 2.45) is 0 Å². The Kier molecular flexibility index (Phi) is 6.92. The summed E-state index contributed by atoms with van der Waals surface area (Å²) in [6.45, 7) is 7.76. The molecule has 0 spiro atoms. The summed E-state index contributed by atoms with van der Waals surface area (Å²) in [5.41, 5.74) is 1.45. The second kappa shape index (κ2) is 8.94. The van der Waals surface area contributed by atoms with Crippen molar-refractivity contribution in [2.75, 3.05) is 30.3 Å². The average Bonchev–Trinajstić information content (AvgIpc) is 3.04. The zero-order chi connectivity index (χ0) is 18.4. The molecule has 0 radical (unpaired) electrons. The first-order chi connectivity index (χ1) is 11.9. The van der Waals surface area contributed by atoms with Crippen molar-refractivity contribution in [3.63, 3.8) is 0 Å². The number of benzene rings is 1. The molecular weight excluding hydrogens is 360 g/mol. The van der Waals surface area contributed by atoms with E-state index in [0.29, 0.717) is 27.3 Å². The van der Waals surface area contributed by atoms with Crippen molar-refractivity contribution in [3.05, 3.63) is 39.9 Å². The number of aryl methyl sites for hydroxylation is 1. The fourth-order valence-corrected chi connectivity index (χ4v) is 3.21. The molecule has 0 aliphatic heterocycles. The van der Waals surface area contributed by atoms with Crippen molar-refractivity contribution < 1.29 is 9.59 Å². The monoisotopic (exact) mass is 380 g/mol. The van der Waals surface area contributed by atoms with Gasteiger partial charge in [-0.15, -0.1) is 0 Å². The van der Waals surface area contributed by atoms with Crippen LogP contribution in [0.3, 0.4) is 0 Å². The summed E-state index contributed by atoms with van der Waals surface area (Å²) in [5.74, 6) is -0.454. The third-order valence-electron chi connectivity index (χ3n) is 3.70. The molecule has 0 bridgehead atoms. The summed E-state index contributed by atoms with van der Waals surface area (Å²) < 4.78 is 0. The lowest BCUT2D eigenvalue weighted by Gasteiger charge is -2.16. The van der Waals surface area contributed by atoms with E-state index in [1.54, 1.807) is 6.07 Å². The Hall–Kier alpha value is -1.96. The second-order valence-corrected chi connectivity index (χ2v) is 6.86. The van der Waals surface area contributed by atoms with Gasteiger partial charge in [0.2, 0.25) is 5.91 Å². The van der Waals surface area contributed by atoms with E-state index in [0.717, 1.165) is 30.0 Å². The number of rotatable bonds is 7. The highest BCUT2D eigenvalue weighted by atomic mass is 35.5. The number of likely N-dealkylation sites (N-methyl/N-ethyl adjacent to an activating group) is 1. The van der Waals surface area contributed by atoms with Gasteiger partial charge in [-0.05, 0) is 31.6 Å². The number of hydrogen-bond donors (Lipinski definition) is 2. The van der Waals surface area contributed by atoms with Gasteiger partial charge in [0, 0.05) is 0 Å². The molecule has 6 nitrogen and oxygen atoms in total. The highest BCUT2D eigenvalue weighted by Gasteiger charge is 2.15. The van der Waals surface area contributed by atoms with Gasteiger partial charge in [0.1, 0.15) is 4.88 Å². The fraction of sp³-hybridized carbons (Fsp3) is 0.353. The molecule has 0 aliphatic carbocycles. The molecule has 0 saturated heterocycles. The first-order valence-corrected chi connectivity index (χ1v) is 9.18. The molecule has 8 heteroatoms. The third-order valence-corrected chi connectivity index (χ3v) is 4.92. The average molecular weight is 381 g/mol. The van der Waals surface area contributed by atoms with E-state index in [4.69, 9.17) is 11.6 Å². The van der Waals surface area contributed by atoms with Crippen LogP contribution in [-0.2, 0) is 4.79 Å². The van der Waals surface area contributed by atoms with Gasteiger partial charge in [-0.25, -0.2) is 4.98 Å². The zero-order valence-electron chi connectivity index (χ0n) is 14.4. The molecule has 0 aliphatic rings. The van der Waals surface area contributed by atoms with Crippen LogP contribution < -0.4 is 10.6 Å². The van der Waals surface area contributed by atoms with Gasteiger partial charge in [0.15, 0.2) is 5.13 Å². The second-order valence-electron chi connectivity index (χ2n) is 5.43. The first-order valence-electron chi connectivity index (χ1n) is 7.99. The number of carbonyl (C=O) groups is 2. The number of para-hydroxylation sites is 1. The third kappa shape index (κ3) is 5.26. The number of carbonyl (C=O) groups excluding carboxylic acids is 2. The largest absolute Gasteiger partial charge is 0.320 e. The van der Waals surface area contributed by atoms with Gasteiger partial charge in [-0.1, -0.05) is 48.9 Å². The summed E-state index contributed by atoms with van der Waals surface area (Å²) >= 11 is 7.25. The highest BCUT2D eigenvalue weighted by molar-refractivity contribution is 7.17. The zero-order valence-corrected chi connectivity index (χ0v) is 16.0. The number of nitrogens with zero attached hydrogens (tertiary/aromatic N) is 2. The van der Waals surface area contributed by atoms with Gasteiger partial charge >= 0.3 is 0 Å². The number of anilines is 2. The maximum atomic E-state index is 12.4. The molecular formula is C17H21ClN4O2S. The molecule has 2 amide bonds. The van der Waals surface area contributed by atoms with E-state index in [1.807, 2.05) is 37.8 Å². The Morgan fingerprint density at radius 3 is 2.60 bits per heavy atom. The smallest absolute Gasteiger partial charge is 0.267 e. The molecule has 1 aromatic carbocycles. The number of thiazole rings is 1. The number of halogens is 1. The molecule has 1 heterocycles. The fourth-order valence-electron chi connectivity index (χ4n) is 2.21. The maximum Gasteiger partial charge on any atom is 0.267 e. The molecule has 1 aromatic heterocycles. The predicted octanol–water partition coefficient (Wildman–Crippen LogP) is 3.64. The van der Waals surface area contributed by atoms with E-state index < -0.39 is 0 Å². The molecule has 134 valence electrons. The van der Waals surface area contributed by atoms with Crippen LogP contribution in [0.5, 0.6) is 0 Å². The minimum atomic E-state index is -0.307. The molecule has 2 rings (SSSR count). The molecule has 2 aromatic rings. The summed E-state index contributed by atoms with van der Waals surface area (Å²) in [6.07, 6.45) is 1.44. The highest BCUT2D eigenvalue weighted by Crippen LogP contribution is 2.27. The van der Waals surface area contributed by atoms with Crippen molar-refractivity contribution in [1.29, 1.82) is 0 Å². The van der Waals surface area contributed by atoms with Gasteiger partial charge in [0.05, 0.1) is 23.5 Å². The normalized spacial score (nSPS) is 10.8. The van der Waals surface area contributed by atoms with Crippen LogP contribution in [0.25, 0.3) is 0 Å². The van der Waals surface area contributed by atoms with E-state index in [2.05, 4.69) is 15.6 Å². The van der Waals surface area contributed by atoms with Crippen molar-refractivity contribution in [1.82, 2.24) is 9.88 Å². The van der Waals surface area contributed by atoms with Crippen molar-refractivity contribution in [3.8, 4) is 0 Å². The quantitative estimate of drug-likeness (QED) is 0.769. The van der Waals surface area contributed by atoms with Crippen LogP contribution in [0.1, 0.15) is 29.1 Å². The Bertz CT molecular complexity index is 739. The molecule has 0 fully saturated rings. The van der Waals surface area contributed by atoms with Gasteiger partial charge < -0.3 is 10.6 Å². The van der Waals surface area contributed by atoms with E-state index in [1.165, 1.54) is 6.20 Å². The summed E-state index contributed by atoms with van der Waals surface area (Å²) in [6, 6.07) is 5.41. The van der Waals surface area contributed by atoms with Crippen LogP contribution in [-0.4, -0.2) is 41.3 Å². The Labute approximate surface area is 156 Å². The lowest BCUT2D eigenvalue weighted by atomic mass is 10.2. The summed E-state index contributed by atoms with van der Waals surface area (Å²) in [5, 5.41) is 6.39. The van der Waals surface area contributed by atoms with Gasteiger partial charge in [0.25, 0.3) is 5.91 Å². The molecule has 0 saturated carbocycles. The van der Waals surface area contributed by atoms with E-state index in [9.17, 15) is 9.59 Å².